The van der Waals surface area contributed by atoms with Crippen molar-refractivity contribution >= 4 is 17.2 Å². The summed E-state index contributed by atoms with van der Waals surface area (Å²) in [4.78, 5) is 19.2. The van der Waals surface area contributed by atoms with Crippen LogP contribution in [-0.4, -0.2) is 42.0 Å². The standard InChI is InChI=1S/C20H27N3O2S/c1-16-6-4-10-23(12-16)11-5-9-21-20(24)18-7-2-3-8-19(18)25-13-17-14-26-15-22-17/h2-3,7-8,14-16H,4-6,9-13H2,1H3,(H,21,24). The second-order valence-corrected chi connectivity index (χ2v) is 7.64. The molecule has 5 nitrogen and oxygen atoms in total. The second-order valence-electron chi connectivity index (χ2n) is 6.92. The minimum absolute atomic E-state index is 0.0779. The number of hydrogen-bond acceptors (Lipinski definition) is 5. The minimum Gasteiger partial charge on any atom is -0.486 e. The Kier molecular flexibility index (Phi) is 7.03. The van der Waals surface area contributed by atoms with Crippen LogP contribution in [0.5, 0.6) is 5.75 Å². The van der Waals surface area contributed by atoms with Gasteiger partial charge in [-0.15, -0.1) is 11.3 Å². The molecule has 0 aliphatic carbocycles. The zero-order chi connectivity index (χ0) is 18.2. The van der Waals surface area contributed by atoms with Gasteiger partial charge in [0.25, 0.3) is 5.91 Å². The van der Waals surface area contributed by atoms with E-state index < -0.39 is 0 Å². The van der Waals surface area contributed by atoms with E-state index in [2.05, 4.69) is 22.1 Å². The molecule has 6 heteroatoms. The summed E-state index contributed by atoms with van der Waals surface area (Å²) in [5.41, 5.74) is 3.23. The lowest BCUT2D eigenvalue weighted by molar-refractivity contribution is 0.0945. The van der Waals surface area contributed by atoms with Gasteiger partial charge in [0.1, 0.15) is 12.4 Å². The average molecular weight is 374 g/mol. The van der Waals surface area contributed by atoms with Gasteiger partial charge in [0, 0.05) is 18.5 Å². The molecule has 1 atom stereocenters. The van der Waals surface area contributed by atoms with Crippen LogP contribution < -0.4 is 10.1 Å². The highest BCUT2D eigenvalue weighted by molar-refractivity contribution is 7.07. The molecule has 0 spiro atoms. The van der Waals surface area contributed by atoms with E-state index in [1.807, 2.05) is 23.6 Å². The minimum atomic E-state index is -0.0779. The molecule has 1 saturated heterocycles. The van der Waals surface area contributed by atoms with Crippen LogP contribution in [0.3, 0.4) is 0 Å². The lowest BCUT2D eigenvalue weighted by Crippen LogP contribution is -2.36. The molecule has 1 N–H and O–H groups in total. The van der Waals surface area contributed by atoms with Crippen molar-refractivity contribution in [1.29, 1.82) is 0 Å². The second kappa shape index (κ2) is 9.69. The van der Waals surface area contributed by atoms with E-state index in [0.29, 0.717) is 24.5 Å². The van der Waals surface area contributed by atoms with Crippen molar-refractivity contribution in [2.75, 3.05) is 26.2 Å². The smallest absolute Gasteiger partial charge is 0.255 e. The van der Waals surface area contributed by atoms with E-state index in [4.69, 9.17) is 4.74 Å². The number of thiazole rings is 1. The fourth-order valence-corrected chi connectivity index (χ4v) is 3.87. The molecule has 3 rings (SSSR count). The van der Waals surface area contributed by atoms with Crippen molar-refractivity contribution in [2.24, 2.45) is 5.92 Å². The molecule has 1 fully saturated rings. The molecule has 1 aliphatic rings. The number of ether oxygens (including phenoxy) is 1. The van der Waals surface area contributed by atoms with Gasteiger partial charge < -0.3 is 15.0 Å². The molecular formula is C20H27N3O2S. The Morgan fingerprint density at radius 1 is 1.42 bits per heavy atom. The summed E-state index contributed by atoms with van der Waals surface area (Å²) in [6.45, 7) is 6.79. The zero-order valence-electron chi connectivity index (χ0n) is 15.3. The van der Waals surface area contributed by atoms with Crippen molar-refractivity contribution in [1.82, 2.24) is 15.2 Å². The summed E-state index contributed by atoms with van der Waals surface area (Å²) in [6.07, 6.45) is 3.60. The summed E-state index contributed by atoms with van der Waals surface area (Å²) < 4.78 is 5.79. The Bertz CT molecular complexity index is 690. The number of benzene rings is 1. The number of piperidine rings is 1. The van der Waals surface area contributed by atoms with E-state index in [-0.39, 0.29) is 5.91 Å². The summed E-state index contributed by atoms with van der Waals surface area (Å²) in [6, 6.07) is 7.37. The van der Waals surface area contributed by atoms with Crippen LogP contribution >= 0.6 is 11.3 Å². The molecule has 2 heterocycles. The van der Waals surface area contributed by atoms with E-state index in [1.54, 1.807) is 11.6 Å². The number of carbonyl (C=O) groups excluding carboxylic acids is 1. The third kappa shape index (κ3) is 5.54. The first kappa shape index (κ1) is 18.9. The maximum absolute atomic E-state index is 12.5. The largest absolute Gasteiger partial charge is 0.486 e. The molecule has 1 aliphatic heterocycles. The Morgan fingerprint density at radius 2 is 2.31 bits per heavy atom. The normalized spacial score (nSPS) is 17.8. The summed E-state index contributed by atoms with van der Waals surface area (Å²) in [7, 11) is 0. The first-order valence-electron chi connectivity index (χ1n) is 9.32. The van der Waals surface area contributed by atoms with Gasteiger partial charge in [0.15, 0.2) is 0 Å². The first-order chi connectivity index (χ1) is 12.7. The molecule has 0 saturated carbocycles. The highest BCUT2D eigenvalue weighted by Gasteiger charge is 2.16. The molecule has 0 bridgehead atoms. The number of aromatic nitrogens is 1. The molecule has 140 valence electrons. The maximum Gasteiger partial charge on any atom is 0.255 e. The number of amides is 1. The molecular weight excluding hydrogens is 346 g/mol. The van der Waals surface area contributed by atoms with Crippen LogP contribution in [0.4, 0.5) is 0 Å². The first-order valence-corrected chi connectivity index (χ1v) is 10.3. The highest BCUT2D eigenvalue weighted by atomic mass is 32.1. The average Bonchev–Trinajstić information content (AvgIpc) is 3.17. The molecule has 0 radical (unpaired) electrons. The van der Waals surface area contributed by atoms with Gasteiger partial charge in [-0.25, -0.2) is 4.98 Å². The topological polar surface area (TPSA) is 54.5 Å². The zero-order valence-corrected chi connectivity index (χ0v) is 16.1. The Hall–Kier alpha value is -1.92. The number of rotatable bonds is 8. The fourth-order valence-electron chi connectivity index (χ4n) is 3.33. The van der Waals surface area contributed by atoms with E-state index in [1.165, 1.54) is 37.3 Å². The lowest BCUT2D eigenvalue weighted by atomic mass is 10.0. The van der Waals surface area contributed by atoms with Crippen LogP contribution in [0.25, 0.3) is 0 Å². The van der Waals surface area contributed by atoms with Crippen LogP contribution in [0.2, 0.25) is 0 Å². The molecule has 1 aromatic carbocycles. The fraction of sp³-hybridized carbons (Fsp3) is 0.500. The molecule has 1 amide bonds. The number of nitrogens with zero attached hydrogens (tertiary/aromatic N) is 2. The third-order valence-corrected chi connectivity index (χ3v) is 5.30. The third-order valence-electron chi connectivity index (χ3n) is 4.67. The summed E-state index contributed by atoms with van der Waals surface area (Å²) in [5, 5.41) is 4.97. The van der Waals surface area contributed by atoms with Crippen LogP contribution in [0.1, 0.15) is 42.2 Å². The van der Waals surface area contributed by atoms with Crippen LogP contribution in [0, 0.1) is 5.92 Å². The van der Waals surface area contributed by atoms with Crippen molar-refractivity contribution in [3.8, 4) is 5.75 Å². The highest BCUT2D eigenvalue weighted by Crippen LogP contribution is 2.19. The molecule has 26 heavy (non-hydrogen) atoms. The predicted molar refractivity (Wildman–Crippen MR) is 105 cm³/mol. The number of hydrogen-bond donors (Lipinski definition) is 1. The van der Waals surface area contributed by atoms with Crippen molar-refractivity contribution < 1.29 is 9.53 Å². The van der Waals surface area contributed by atoms with E-state index >= 15 is 0 Å². The number of carbonyl (C=O) groups is 1. The molecule has 1 aromatic heterocycles. The Morgan fingerprint density at radius 3 is 3.12 bits per heavy atom. The van der Waals surface area contributed by atoms with Gasteiger partial charge in [0.2, 0.25) is 0 Å². The van der Waals surface area contributed by atoms with Crippen LogP contribution in [0.15, 0.2) is 35.2 Å². The van der Waals surface area contributed by atoms with Crippen molar-refractivity contribution in [3.63, 3.8) is 0 Å². The summed E-state index contributed by atoms with van der Waals surface area (Å²) >= 11 is 1.54. The van der Waals surface area contributed by atoms with Gasteiger partial charge in [-0.05, 0) is 50.4 Å². The monoisotopic (exact) mass is 373 g/mol. The van der Waals surface area contributed by atoms with Gasteiger partial charge in [-0.1, -0.05) is 19.1 Å². The van der Waals surface area contributed by atoms with Gasteiger partial charge in [-0.3, -0.25) is 4.79 Å². The van der Waals surface area contributed by atoms with Crippen molar-refractivity contribution in [3.05, 3.63) is 46.4 Å². The van der Waals surface area contributed by atoms with Gasteiger partial charge in [-0.2, -0.15) is 0 Å². The number of nitrogens with one attached hydrogen (secondary N) is 1. The van der Waals surface area contributed by atoms with Crippen molar-refractivity contribution in [2.45, 2.75) is 32.8 Å². The number of para-hydroxylation sites is 1. The van der Waals surface area contributed by atoms with E-state index in [0.717, 1.165) is 24.6 Å². The summed E-state index contributed by atoms with van der Waals surface area (Å²) in [5.74, 6) is 1.31. The molecule has 2 aromatic rings. The maximum atomic E-state index is 12.5. The van der Waals surface area contributed by atoms with Gasteiger partial charge >= 0.3 is 0 Å². The Balaban J connectivity index is 1.45. The lowest BCUT2D eigenvalue weighted by Gasteiger charge is -2.30. The van der Waals surface area contributed by atoms with Crippen LogP contribution in [-0.2, 0) is 6.61 Å². The quantitative estimate of drug-likeness (QED) is 0.719. The predicted octanol–water partition coefficient (Wildman–Crippen LogP) is 3.57. The molecule has 1 unspecified atom stereocenters. The number of likely N-dealkylation sites (tertiary alicyclic amines) is 1. The Labute approximate surface area is 159 Å². The van der Waals surface area contributed by atoms with E-state index in [9.17, 15) is 4.79 Å². The SMILES string of the molecule is CC1CCCN(CCCNC(=O)c2ccccc2OCc2cscn2)C1. The van der Waals surface area contributed by atoms with Gasteiger partial charge in [0.05, 0.1) is 16.8 Å².